The largest absolute Gasteiger partial charge is 0.299 e. The summed E-state index contributed by atoms with van der Waals surface area (Å²) < 4.78 is 0. The predicted molar refractivity (Wildman–Crippen MR) is 44.1 cm³/mol. The minimum absolute atomic E-state index is 0.346. The lowest BCUT2D eigenvalue weighted by Crippen LogP contribution is -2.47. The van der Waals surface area contributed by atoms with Crippen LogP contribution in [0.3, 0.4) is 0 Å². The summed E-state index contributed by atoms with van der Waals surface area (Å²) in [6.45, 7) is 4.29. The van der Waals surface area contributed by atoms with E-state index >= 15 is 0 Å². The Morgan fingerprint density at radius 1 is 1.55 bits per heavy atom. The van der Waals surface area contributed by atoms with Gasteiger partial charge in [-0.2, -0.15) is 0 Å². The Hall–Kier alpha value is -0.590. The SMILES string of the molecule is CC(C)[C@H]1C(=O)[C@@H]2CC=C[C@H]12. The van der Waals surface area contributed by atoms with Gasteiger partial charge in [0, 0.05) is 11.8 Å². The Morgan fingerprint density at radius 2 is 2.27 bits per heavy atom. The summed E-state index contributed by atoms with van der Waals surface area (Å²) in [4.78, 5) is 11.4. The highest BCUT2D eigenvalue weighted by atomic mass is 16.1. The summed E-state index contributed by atoms with van der Waals surface area (Å²) in [5.41, 5.74) is 0. The number of ketones is 1. The molecule has 0 spiro atoms. The fourth-order valence-corrected chi connectivity index (χ4v) is 2.44. The Bertz CT molecular complexity index is 215. The molecule has 0 aliphatic heterocycles. The Labute approximate surface area is 67.5 Å². The quantitative estimate of drug-likeness (QED) is 0.523. The minimum atomic E-state index is 0.346. The average Bonchev–Trinajstić information content (AvgIpc) is 2.30. The first-order chi connectivity index (χ1) is 5.22. The zero-order valence-electron chi connectivity index (χ0n) is 7.08. The lowest BCUT2D eigenvalue weighted by atomic mass is 9.61. The molecular formula is C10H14O. The lowest BCUT2D eigenvalue weighted by molar-refractivity contribution is -0.141. The van der Waals surface area contributed by atoms with Gasteiger partial charge in [-0.25, -0.2) is 0 Å². The molecule has 1 fully saturated rings. The van der Waals surface area contributed by atoms with Crippen LogP contribution in [0.4, 0.5) is 0 Å². The van der Waals surface area contributed by atoms with Crippen LogP contribution < -0.4 is 0 Å². The van der Waals surface area contributed by atoms with E-state index in [2.05, 4.69) is 26.0 Å². The van der Waals surface area contributed by atoms with Crippen molar-refractivity contribution in [2.24, 2.45) is 23.7 Å². The smallest absolute Gasteiger partial charge is 0.140 e. The summed E-state index contributed by atoms with van der Waals surface area (Å²) in [7, 11) is 0. The second-order valence-electron chi connectivity index (χ2n) is 4.02. The number of carbonyl (C=O) groups excluding carboxylic acids is 1. The highest BCUT2D eigenvalue weighted by Gasteiger charge is 2.50. The first-order valence-corrected chi connectivity index (χ1v) is 4.42. The van der Waals surface area contributed by atoms with Gasteiger partial charge in [-0.15, -0.1) is 0 Å². The summed E-state index contributed by atoms with van der Waals surface area (Å²) >= 11 is 0. The van der Waals surface area contributed by atoms with Gasteiger partial charge in [-0.1, -0.05) is 26.0 Å². The fraction of sp³-hybridized carbons (Fsp3) is 0.700. The van der Waals surface area contributed by atoms with Crippen molar-refractivity contribution in [3.8, 4) is 0 Å². The highest BCUT2D eigenvalue weighted by Crippen LogP contribution is 2.47. The Balaban J connectivity index is 2.14. The van der Waals surface area contributed by atoms with E-state index in [1.165, 1.54) is 0 Å². The molecule has 2 rings (SSSR count). The van der Waals surface area contributed by atoms with Crippen molar-refractivity contribution in [3.05, 3.63) is 12.2 Å². The number of Topliss-reactive ketones (excluding diaryl/α,β-unsaturated/α-hetero) is 1. The van der Waals surface area contributed by atoms with Crippen molar-refractivity contribution in [2.45, 2.75) is 20.3 Å². The van der Waals surface area contributed by atoms with Crippen molar-refractivity contribution in [2.75, 3.05) is 0 Å². The normalized spacial score (nSPS) is 41.0. The fourth-order valence-electron chi connectivity index (χ4n) is 2.44. The minimum Gasteiger partial charge on any atom is -0.299 e. The molecule has 1 heteroatoms. The third-order valence-corrected chi connectivity index (χ3v) is 3.04. The Kier molecular flexibility index (Phi) is 1.41. The zero-order valence-corrected chi connectivity index (χ0v) is 7.08. The van der Waals surface area contributed by atoms with Gasteiger partial charge >= 0.3 is 0 Å². The molecule has 0 amide bonds. The van der Waals surface area contributed by atoms with E-state index in [4.69, 9.17) is 0 Å². The number of allylic oxidation sites excluding steroid dienone is 2. The van der Waals surface area contributed by atoms with Gasteiger partial charge in [0.25, 0.3) is 0 Å². The molecule has 0 saturated heterocycles. The molecule has 0 aromatic carbocycles. The number of fused-ring (bicyclic) bond motifs is 1. The van der Waals surface area contributed by atoms with Crippen molar-refractivity contribution >= 4 is 5.78 Å². The van der Waals surface area contributed by atoms with E-state index in [1.807, 2.05) is 0 Å². The molecule has 2 aliphatic carbocycles. The van der Waals surface area contributed by atoms with Gasteiger partial charge < -0.3 is 0 Å². The van der Waals surface area contributed by atoms with Gasteiger partial charge in [-0.05, 0) is 18.3 Å². The van der Waals surface area contributed by atoms with E-state index in [9.17, 15) is 4.79 Å². The summed E-state index contributed by atoms with van der Waals surface area (Å²) in [5, 5.41) is 0. The molecule has 11 heavy (non-hydrogen) atoms. The second-order valence-corrected chi connectivity index (χ2v) is 4.02. The van der Waals surface area contributed by atoms with Gasteiger partial charge in [-0.3, -0.25) is 4.79 Å². The van der Waals surface area contributed by atoms with Gasteiger partial charge in [0.15, 0.2) is 0 Å². The first kappa shape index (κ1) is 7.08. The van der Waals surface area contributed by atoms with Crippen LogP contribution in [-0.4, -0.2) is 5.78 Å². The summed E-state index contributed by atoms with van der Waals surface area (Å²) in [6.07, 6.45) is 5.40. The van der Waals surface area contributed by atoms with Crippen molar-refractivity contribution < 1.29 is 4.79 Å². The second kappa shape index (κ2) is 2.20. The molecular weight excluding hydrogens is 136 g/mol. The van der Waals surface area contributed by atoms with E-state index in [1.54, 1.807) is 0 Å². The van der Waals surface area contributed by atoms with E-state index in [0.717, 1.165) is 6.42 Å². The molecule has 0 radical (unpaired) electrons. The molecule has 2 aliphatic rings. The van der Waals surface area contributed by atoms with Crippen LogP contribution in [-0.2, 0) is 4.79 Å². The molecule has 0 unspecified atom stereocenters. The summed E-state index contributed by atoms with van der Waals surface area (Å²) in [6, 6.07) is 0. The zero-order chi connectivity index (χ0) is 8.01. The predicted octanol–water partition coefficient (Wildman–Crippen LogP) is 2.03. The van der Waals surface area contributed by atoms with Crippen molar-refractivity contribution in [1.29, 1.82) is 0 Å². The maximum Gasteiger partial charge on any atom is 0.140 e. The van der Waals surface area contributed by atoms with Crippen LogP contribution in [0.1, 0.15) is 20.3 Å². The standard InChI is InChI=1S/C10H14O/c1-6(2)9-7-4-3-5-8(7)10(9)11/h3-4,6-9H,5H2,1-2H3/t7-,8+,9+/m0/s1. The monoisotopic (exact) mass is 150 g/mol. The maximum atomic E-state index is 11.4. The number of hydrogen-bond acceptors (Lipinski definition) is 1. The van der Waals surface area contributed by atoms with Crippen molar-refractivity contribution in [1.82, 2.24) is 0 Å². The first-order valence-electron chi connectivity index (χ1n) is 4.42. The molecule has 1 saturated carbocycles. The molecule has 0 bridgehead atoms. The van der Waals surface area contributed by atoms with Crippen molar-refractivity contribution in [3.63, 3.8) is 0 Å². The van der Waals surface area contributed by atoms with Crippen LogP contribution in [0.2, 0.25) is 0 Å². The number of carbonyl (C=O) groups is 1. The van der Waals surface area contributed by atoms with E-state index < -0.39 is 0 Å². The summed E-state index contributed by atoms with van der Waals surface area (Å²) in [5.74, 6) is 2.37. The van der Waals surface area contributed by atoms with Gasteiger partial charge in [0.2, 0.25) is 0 Å². The third-order valence-electron chi connectivity index (χ3n) is 3.04. The Morgan fingerprint density at radius 3 is 2.91 bits per heavy atom. The maximum absolute atomic E-state index is 11.4. The molecule has 0 aromatic rings. The molecule has 60 valence electrons. The third kappa shape index (κ3) is 0.800. The van der Waals surface area contributed by atoms with E-state index in [0.29, 0.717) is 29.5 Å². The lowest BCUT2D eigenvalue weighted by Gasteiger charge is -2.40. The van der Waals surface area contributed by atoms with Gasteiger partial charge in [0.05, 0.1) is 0 Å². The number of hydrogen-bond donors (Lipinski definition) is 0. The highest BCUT2D eigenvalue weighted by molar-refractivity contribution is 5.91. The van der Waals surface area contributed by atoms with Crippen LogP contribution in [0.15, 0.2) is 12.2 Å². The molecule has 1 nitrogen and oxygen atoms in total. The molecule has 0 aromatic heterocycles. The van der Waals surface area contributed by atoms with Crippen LogP contribution >= 0.6 is 0 Å². The van der Waals surface area contributed by atoms with E-state index in [-0.39, 0.29) is 0 Å². The van der Waals surface area contributed by atoms with Crippen LogP contribution in [0.5, 0.6) is 0 Å². The van der Waals surface area contributed by atoms with Crippen LogP contribution in [0.25, 0.3) is 0 Å². The average molecular weight is 150 g/mol. The topological polar surface area (TPSA) is 17.1 Å². The molecule has 0 heterocycles. The van der Waals surface area contributed by atoms with Crippen LogP contribution in [0, 0.1) is 23.7 Å². The molecule has 3 atom stereocenters. The number of rotatable bonds is 1. The molecule has 0 N–H and O–H groups in total. The van der Waals surface area contributed by atoms with Gasteiger partial charge in [0.1, 0.15) is 5.78 Å².